The zero-order valence-electron chi connectivity index (χ0n) is 9.83. The molecular weight excluding hydrogens is 224 g/mol. The van der Waals surface area contributed by atoms with Crippen molar-refractivity contribution in [2.75, 3.05) is 6.54 Å². The zero-order chi connectivity index (χ0) is 11.9. The maximum absolute atomic E-state index is 10.5. The van der Waals surface area contributed by atoms with Crippen molar-refractivity contribution in [1.82, 2.24) is 4.57 Å². The standard InChI is InChI=1S/C12H19ClN2O/c1-8(2)15-7-10-9(11(15)13)3-4-12(10,16)5-6-14/h7-8,16H,3-6,14H2,1-2H3. The summed E-state index contributed by atoms with van der Waals surface area (Å²) in [6, 6.07) is 0.320. The van der Waals surface area contributed by atoms with Crippen LogP contribution in [0.2, 0.25) is 5.15 Å². The Hall–Kier alpha value is -0.510. The number of hydrogen-bond acceptors (Lipinski definition) is 2. The highest BCUT2D eigenvalue weighted by molar-refractivity contribution is 6.30. The lowest BCUT2D eigenvalue weighted by atomic mass is 9.94. The van der Waals surface area contributed by atoms with E-state index in [0.29, 0.717) is 19.0 Å². The highest BCUT2D eigenvalue weighted by Gasteiger charge is 2.39. The number of aliphatic hydroxyl groups is 1. The van der Waals surface area contributed by atoms with E-state index in [1.54, 1.807) is 0 Å². The van der Waals surface area contributed by atoms with E-state index >= 15 is 0 Å². The number of aromatic nitrogens is 1. The second-order valence-corrected chi connectivity index (χ2v) is 5.24. The molecule has 0 bridgehead atoms. The molecule has 0 spiro atoms. The average molecular weight is 243 g/mol. The van der Waals surface area contributed by atoms with Gasteiger partial charge in [-0.1, -0.05) is 11.6 Å². The van der Waals surface area contributed by atoms with E-state index < -0.39 is 5.60 Å². The molecule has 4 heteroatoms. The van der Waals surface area contributed by atoms with Crippen LogP contribution in [-0.2, 0) is 12.0 Å². The number of hydrogen-bond donors (Lipinski definition) is 2. The Morgan fingerprint density at radius 3 is 2.88 bits per heavy atom. The molecular formula is C12H19ClN2O. The molecule has 2 rings (SSSR count). The molecule has 1 aromatic rings. The molecule has 0 aromatic carbocycles. The first-order chi connectivity index (χ1) is 7.49. The number of rotatable bonds is 3. The Morgan fingerprint density at radius 2 is 2.31 bits per heavy atom. The third kappa shape index (κ3) is 1.67. The first-order valence-corrected chi connectivity index (χ1v) is 6.19. The fraction of sp³-hybridized carbons (Fsp3) is 0.667. The monoisotopic (exact) mass is 242 g/mol. The molecule has 16 heavy (non-hydrogen) atoms. The van der Waals surface area contributed by atoms with Gasteiger partial charge in [-0.3, -0.25) is 0 Å². The van der Waals surface area contributed by atoms with Crippen LogP contribution in [0.3, 0.4) is 0 Å². The summed E-state index contributed by atoms with van der Waals surface area (Å²) in [6.45, 7) is 4.67. The van der Waals surface area contributed by atoms with E-state index in [1.165, 1.54) is 0 Å². The van der Waals surface area contributed by atoms with Gasteiger partial charge in [0.15, 0.2) is 0 Å². The summed E-state index contributed by atoms with van der Waals surface area (Å²) in [5.74, 6) is 0. The molecule has 0 fully saturated rings. The smallest absolute Gasteiger partial charge is 0.112 e. The molecule has 0 aliphatic heterocycles. The molecule has 1 atom stereocenters. The fourth-order valence-electron chi connectivity index (χ4n) is 2.52. The van der Waals surface area contributed by atoms with Gasteiger partial charge >= 0.3 is 0 Å². The van der Waals surface area contributed by atoms with Gasteiger partial charge in [0.1, 0.15) is 5.15 Å². The predicted molar refractivity (Wildman–Crippen MR) is 65.7 cm³/mol. The van der Waals surface area contributed by atoms with Crippen molar-refractivity contribution in [1.29, 1.82) is 0 Å². The van der Waals surface area contributed by atoms with Gasteiger partial charge in [0.05, 0.1) is 5.60 Å². The Bertz CT molecular complexity index is 400. The molecule has 1 heterocycles. The molecule has 1 unspecified atom stereocenters. The Balaban J connectivity index is 2.44. The third-order valence-electron chi connectivity index (χ3n) is 3.47. The van der Waals surface area contributed by atoms with Crippen LogP contribution < -0.4 is 5.73 Å². The number of halogens is 1. The first-order valence-electron chi connectivity index (χ1n) is 5.81. The van der Waals surface area contributed by atoms with Crippen LogP contribution in [0.15, 0.2) is 6.20 Å². The van der Waals surface area contributed by atoms with E-state index in [4.69, 9.17) is 17.3 Å². The summed E-state index contributed by atoms with van der Waals surface area (Å²) >= 11 is 6.31. The quantitative estimate of drug-likeness (QED) is 0.854. The molecule has 0 radical (unpaired) electrons. The fourth-order valence-corrected chi connectivity index (χ4v) is 2.96. The van der Waals surface area contributed by atoms with Crippen LogP contribution in [0.5, 0.6) is 0 Å². The van der Waals surface area contributed by atoms with Gasteiger partial charge in [0.25, 0.3) is 0 Å². The van der Waals surface area contributed by atoms with Gasteiger partial charge < -0.3 is 15.4 Å². The summed E-state index contributed by atoms with van der Waals surface area (Å²) < 4.78 is 2.02. The van der Waals surface area contributed by atoms with Gasteiger partial charge in [-0.2, -0.15) is 0 Å². The van der Waals surface area contributed by atoms with Crippen LogP contribution >= 0.6 is 11.6 Å². The minimum Gasteiger partial charge on any atom is -0.385 e. The molecule has 3 nitrogen and oxygen atoms in total. The van der Waals surface area contributed by atoms with E-state index in [9.17, 15) is 5.11 Å². The van der Waals surface area contributed by atoms with Crippen molar-refractivity contribution < 1.29 is 5.11 Å². The number of nitrogens with zero attached hydrogens (tertiary/aromatic N) is 1. The van der Waals surface area contributed by atoms with Crippen molar-refractivity contribution in [3.8, 4) is 0 Å². The lowest BCUT2D eigenvalue weighted by Crippen LogP contribution is -2.25. The van der Waals surface area contributed by atoms with Crippen LogP contribution in [0.1, 0.15) is 43.9 Å². The van der Waals surface area contributed by atoms with Gasteiger partial charge in [-0.15, -0.1) is 0 Å². The average Bonchev–Trinajstić information content (AvgIpc) is 2.68. The molecule has 1 aliphatic carbocycles. The molecule has 0 amide bonds. The van der Waals surface area contributed by atoms with Gasteiger partial charge in [-0.05, 0) is 45.2 Å². The van der Waals surface area contributed by atoms with Gasteiger partial charge in [0.2, 0.25) is 0 Å². The topological polar surface area (TPSA) is 51.2 Å². The predicted octanol–water partition coefficient (Wildman–Crippen LogP) is 2.20. The second kappa shape index (κ2) is 4.06. The number of fused-ring (bicyclic) bond motifs is 1. The second-order valence-electron chi connectivity index (χ2n) is 4.88. The van der Waals surface area contributed by atoms with E-state index in [1.807, 2.05) is 10.8 Å². The minimum absolute atomic E-state index is 0.320. The maximum atomic E-state index is 10.5. The maximum Gasteiger partial charge on any atom is 0.112 e. The van der Waals surface area contributed by atoms with Crippen LogP contribution in [0.4, 0.5) is 0 Å². The number of nitrogens with two attached hydrogens (primary N) is 1. The largest absolute Gasteiger partial charge is 0.385 e. The summed E-state index contributed by atoms with van der Waals surface area (Å²) in [4.78, 5) is 0. The Morgan fingerprint density at radius 1 is 1.62 bits per heavy atom. The van der Waals surface area contributed by atoms with Crippen molar-refractivity contribution in [2.45, 2.75) is 44.8 Å². The summed E-state index contributed by atoms with van der Waals surface area (Å²) in [6.07, 6.45) is 4.20. The molecule has 90 valence electrons. The highest BCUT2D eigenvalue weighted by Crippen LogP contribution is 2.43. The first kappa shape index (κ1) is 12.0. The SMILES string of the molecule is CC(C)n1cc2c(c1Cl)CCC2(O)CCN. The third-order valence-corrected chi connectivity index (χ3v) is 3.90. The van der Waals surface area contributed by atoms with E-state index in [-0.39, 0.29) is 0 Å². The normalized spacial score (nSPS) is 24.1. The Labute approximate surface area is 101 Å². The molecule has 1 aromatic heterocycles. The molecule has 0 saturated heterocycles. The van der Waals surface area contributed by atoms with Gasteiger partial charge in [0, 0.05) is 17.8 Å². The van der Waals surface area contributed by atoms with Crippen molar-refractivity contribution in [3.05, 3.63) is 22.5 Å². The van der Waals surface area contributed by atoms with E-state index in [2.05, 4.69) is 13.8 Å². The van der Waals surface area contributed by atoms with Crippen LogP contribution in [0, 0.1) is 0 Å². The zero-order valence-corrected chi connectivity index (χ0v) is 10.6. The summed E-state index contributed by atoms with van der Waals surface area (Å²) in [5.41, 5.74) is 6.89. The Kier molecular flexibility index (Phi) is 3.03. The van der Waals surface area contributed by atoms with Crippen molar-refractivity contribution >= 4 is 11.6 Å². The molecule has 0 saturated carbocycles. The van der Waals surface area contributed by atoms with Gasteiger partial charge in [-0.25, -0.2) is 0 Å². The molecule has 3 N–H and O–H groups in total. The highest BCUT2D eigenvalue weighted by atomic mass is 35.5. The molecule has 1 aliphatic rings. The van der Waals surface area contributed by atoms with Crippen LogP contribution in [-0.4, -0.2) is 16.2 Å². The van der Waals surface area contributed by atoms with E-state index in [0.717, 1.165) is 29.1 Å². The van der Waals surface area contributed by atoms with Crippen molar-refractivity contribution in [2.24, 2.45) is 5.73 Å². The summed E-state index contributed by atoms with van der Waals surface area (Å²) in [5, 5.41) is 11.3. The minimum atomic E-state index is -0.756. The lowest BCUT2D eigenvalue weighted by molar-refractivity contribution is 0.0316. The lowest BCUT2D eigenvalue weighted by Gasteiger charge is -2.22. The summed E-state index contributed by atoms with van der Waals surface area (Å²) in [7, 11) is 0. The van der Waals surface area contributed by atoms with Crippen molar-refractivity contribution in [3.63, 3.8) is 0 Å². The van der Waals surface area contributed by atoms with Crippen LogP contribution in [0.25, 0.3) is 0 Å².